The zero-order valence-corrected chi connectivity index (χ0v) is 18.4. The Morgan fingerprint density at radius 1 is 1.23 bits per heavy atom. The topological polar surface area (TPSA) is 117 Å². The standard InChI is InChI=1S/C21H25N5O4S/c1-4-10-26-17(11-15(2)23-26)14-25(3)20-19(21(27)28)12-16(13-22-20)24-31(29,30)18-8-6-5-7-9-18/h5-9,11-13,24H,4,10,14H2,1-3H3,(H,27,28). The number of carboxylic acids is 1. The molecule has 3 rings (SSSR count). The third kappa shape index (κ3) is 5.21. The molecular weight excluding hydrogens is 418 g/mol. The van der Waals surface area contributed by atoms with Crippen molar-refractivity contribution in [2.75, 3.05) is 16.7 Å². The maximum absolute atomic E-state index is 12.5. The normalized spacial score (nSPS) is 11.3. The summed E-state index contributed by atoms with van der Waals surface area (Å²) in [6.07, 6.45) is 2.24. The Kier molecular flexibility index (Phi) is 6.59. The smallest absolute Gasteiger partial charge is 0.339 e. The number of anilines is 2. The fourth-order valence-electron chi connectivity index (χ4n) is 3.24. The molecule has 31 heavy (non-hydrogen) atoms. The molecule has 2 aromatic heterocycles. The molecule has 0 saturated carbocycles. The third-order valence-corrected chi connectivity index (χ3v) is 5.98. The van der Waals surface area contributed by atoms with Gasteiger partial charge in [-0.2, -0.15) is 5.10 Å². The molecule has 10 heteroatoms. The van der Waals surface area contributed by atoms with Gasteiger partial charge in [-0.3, -0.25) is 9.40 Å². The van der Waals surface area contributed by atoms with Gasteiger partial charge in [-0.1, -0.05) is 25.1 Å². The first-order valence-electron chi connectivity index (χ1n) is 9.77. The molecule has 1 aromatic carbocycles. The van der Waals surface area contributed by atoms with Gasteiger partial charge in [0.05, 0.1) is 34.7 Å². The minimum Gasteiger partial charge on any atom is -0.478 e. The van der Waals surface area contributed by atoms with E-state index in [0.29, 0.717) is 6.54 Å². The summed E-state index contributed by atoms with van der Waals surface area (Å²) in [5.41, 5.74) is 1.79. The molecule has 0 aliphatic heterocycles. The first-order chi connectivity index (χ1) is 14.7. The molecule has 2 N–H and O–H groups in total. The second kappa shape index (κ2) is 9.17. The quantitative estimate of drug-likeness (QED) is 0.522. The molecule has 0 atom stereocenters. The van der Waals surface area contributed by atoms with E-state index in [9.17, 15) is 18.3 Å². The van der Waals surface area contributed by atoms with Crippen molar-refractivity contribution in [2.45, 2.75) is 38.3 Å². The van der Waals surface area contributed by atoms with E-state index in [-0.39, 0.29) is 22.0 Å². The Labute approximate surface area is 181 Å². The van der Waals surface area contributed by atoms with E-state index in [0.717, 1.165) is 24.4 Å². The van der Waals surface area contributed by atoms with Crippen LogP contribution in [0.1, 0.15) is 35.1 Å². The summed E-state index contributed by atoms with van der Waals surface area (Å²) >= 11 is 0. The van der Waals surface area contributed by atoms with Gasteiger partial charge < -0.3 is 10.0 Å². The number of sulfonamides is 1. The van der Waals surface area contributed by atoms with Crippen LogP contribution in [0.5, 0.6) is 0 Å². The fourth-order valence-corrected chi connectivity index (χ4v) is 4.29. The molecule has 0 aliphatic carbocycles. The molecule has 9 nitrogen and oxygen atoms in total. The number of benzene rings is 1. The second-order valence-corrected chi connectivity index (χ2v) is 8.86. The van der Waals surface area contributed by atoms with Crippen LogP contribution in [-0.4, -0.2) is 41.3 Å². The van der Waals surface area contributed by atoms with Crippen molar-refractivity contribution >= 4 is 27.5 Å². The highest BCUT2D eigenvalue weighted by molar-refractivity contribution is 7.92. The van der Waals surface area contributed by atoms with Gasteiger partial charge in [-0.05, 0) is 37.6 Å². The number of aryl methyl sites for hydroxylation is 2. The van der Waals surface area contributed by atoms with E-state index in [1.165, 1.54) is 24.4 Å². The summed E-state index contributed by atoms with van der Waals surface area (Å²) in [6, 6.07) is 11.1. The van der Waals surface area contributed by atoms with Gasteiger partial charge in [-0.25, -0.2) is 18.2 Å². The summed E-state index contributed by atoms with van der Waals surface area (Å²) in [4.78, 5) is 17.9. The first-order valence-corrected chi connectivity index (χ1v) is 11.2. The van der Waals surface area contributed by atoms with E-state index in [4.69, 9.17) is 0 Å². The summed E-state index contributed by atoms with van der Waals surface area (Å²) < 4.78 is 29.4. The van der Waals surface area contributed by atoms with Gasteiger partial charge in [0.1, 0.15) is 11.4 Å². The van der Waals surface area contributed by atoms with E-state index in [1.54, 1.807) is 30.1 Å². The highest BCUT2D eigenvalue weighted by Gasteiger charge is 2.20. The zero-order valence-electron chi connectivity index (χ0n) is 17.6. The Bertz CT molecular complexity index is 1180. The minimum atomic E-state index is -3.85. The van der Waals surface area contributed by atoms with Crippen molar-refractivity contribution in [1.29, 1.82) is 0 Å². The molecular formula is C21H25N5O4S. The van der Waals surface area contributed by atoms with Gasteiger partial charge in [0.25, 0.3) is 10.0 Å². The maximum atomic E-state index is 12.5. The fraction of sp³-hybridized carbons (Fsp3) is 0.286. The number of aromatic nitrogens is 3. The number of aromatic carboxylic acids is 1. The number of hydrogen-bond acceptors (Lipinski definition) is 6. The van der Waals surface area contributed by atoms with Crippen LogP contribution in [0, 0.1) is 6.92 Å². The van der Waals surface area contributed by atoms with Gasteiger partial charge in [-0.15, -0.1) is 0 Å². The average Bonchev–Trinajstić information content (AvgIpc) is 3.07. The molecule has 0 fully saturated rings. The second-order valence-electron chi connectivity index (χ2n) is 7.18. The average molecular weight is 444 g/mol. The predicted octanol–water partition coefficient (Wildman–Crippen LogP) is 3.13. The van der Waals surface area contributed by atoms with E-state index in [2.05, 4.69) is 21.7 Å². The van der Waals surface area contributed by atoms with Gasteiger partial charge in [0.2, 0.25) is 0 Å². The number of nitrogens with one attached hydrogen (secondary N) is 1. The summed E-state index contributed by atoms with van der Waals surface area (Å²) in [6.45, 7) is 5.13. The van der Waals surface area contributed by atoms with Crippen molar-refractivity contribution in [3.8, 4) is 0 Å². The highest BCUT2D eigenvalue weighted by Crippen LogP contribution is 2.24. The minimum absolute atomic E-state index is 0.0743. The highest BCUT2D eigenvalue weighted by atomic mass is 32.2. The Balaban J connectivity index is 1.88. The van der Waals surface area contributed by atoms with Crippen LogP contribution in [0.2, 0.25) is 0 Å². The third-order valence-electron chi connectivity index (χ3n) is 4.58. The number of carboxylic acid groups (broad SMARTS) is 1. The molecule has 0 aliphatic rings. The van der Waals surface area contributed by atoms with E-state index < -0.39 is 16.0 Å². The van der Waals surface area contributed by atoms with Crippen LogP contribution in [-0.2, 0) is 23.1 Å². The molecule has 3 aromatic rings. The van der Waals surface area contributed by atoms with Gasteiger partial charge in [0, 0.05) is 13.6 Å². The Morgan fingerprint density at radius 2 is 1.94 bits per heavy atom. The molecule has 0 saturated heterocycles. The Morgan fingerprint density at radius 3 is 2.58 bits per heavy atom. The van der Waals surface area contributed by atoms with Crippen LogP contribution in [0.3, 0.4) is 0 Å². The summed E-state index contributed by atoms with van der Waals surface area (Å²) in [5.74, 6) is -0.967. The van der Waals surface area contributed by atoms with Gasteiger partial charge in [0.15, 0.2) is 0 Å². The number of nitrogens with zero attached hydrogens (tertiary/aromatic N) is 4. The van der Waals surface area contributed by atoms with Crippen molar-refractivity contribution < 1.29 is 18.3 Å². The monoisotopic (exact) mass is 443 g/mol. The predicted molar refractivity (Wildman–Crippen MR) is 118 cm³/mol. The van der Waals surface area contributed by atoms with Crippen LogP contribution in [0.4, 0.5) is 11.5 Å². The molecule has 0 radical (unpaired) electrons. The lowest BCUT2D eigenvalue weighted by Gasteiger charge is -2.21. The molecule has 2 heterocycles. The lowest BCUT2D eigenvalue weighted by Crippen LogP contribution is -2.23. The van der Waals surface area contributed by atoms with Crippen LogP contribution in [0.15, 0.2) is 53.6 Å². The van der Waals surface area contributed by atoms with E-state index in [1.807, 2.05) is 17.7 Å². The first kappa shape index (κ1) is 22.3. The van der Waals surface area contributed by atoms with Crippen molar-refractivity contribution in [2.24, 2.45) is 0 Å². The molecule has 164 valence electrons. The number of rotatable bonds is 9. The SMILES string of the molecule is CCCn1nc(C)cc1CN(C)c1ncc(NS(=O)(=O)c2ccccc2)cc1C(=O)O. The Hall–Kier alpha value is -3.40. The largest absolute Gasteiger partial charge is 0.478 e. The van der Waals surface area contributed by atoms with Gasteiger partial charge >= 0.3 is 5.97 Å². The summed E-state index contributed by atoms with van der Waals surface area (Å²) in [5, 5.41) is 14.2. The number of hydrogen-bond donors (Lipinski definition) is 2. The van der Waals surface area contributed by atoms with Crippen molar-refractivity contribution in [3.63, 3.8) is 0 Å². The molecule has 0 spiro atoms. The maximum Gasteiger partial charge on any atom is 0.339 e. The number of carbonyl (C=O) groups is 1. The molecule has 0 bridgehead atoms. The lowest BCUT2D eigenvalue weighted by atomic mass is 10.2. The zero-order chi connectivity index (χ0) is 22.6. The van der Waals surface area contributed by atoms with Crippen molar-refractivity contribution in [1.82, 2.24) is 14.8 Å². The van der Waals surface area contributed by atoms with Crippen molar-refractivity contribution in [3.05, 3.63) is 65.6 Å². The molecule has 0 amide bonds. The van der Waals surface area contributed by atoms with Crippen LogP contribution in [0.25, 0.3) is 0 Å². The van der Waals surface area contributed by atoms with Crippen LogP contribution >= 0.6 is 0 Å². The van der Waals surface area contributed by atoms with E-state index >= 15 is 0 Å². The number of pyridine rings is 1. The molecule has 0 unspecified atom stereocenters. The summed E-state index contributed by atoms with van der Waals surface area (Å²) in [7, 11) is -2.12. The van der Waals surface area contributed by atoms with Crippen LogP contribution < -0.4 is 9.62 Å². The lowest BCUT2D eigenvalue weighted by molar-refractivity contribution is 0.0697.